The van der Waals surface area contributed by atoms with Crippen LogP contribution >= 0.6 is 0 Å². The van der Waals surface area contributed by atoms with Crippen LogP contribution in [0.1, 0.15) is 259 Å². The number of ether oxygens (including phenoxy) is 1. The molecule has 1 fully saturated rings. The molecule has 1 saturated carbocycles. The number of hydrogen-bond acceptors (Lipinski definition) is 5. The second-order valence-electron chi connectivity index (χ2n) is 17.1. The molecular weight excluding hydrogens is 850 g/mol. The third-order valence-corrected chi connectivity index (χ3v) is 11.9. The molecule has 2 N–H and O–H groups in total. The van der Waals surface area contributed by atoms with Gasteiger partial charge in [-0.2, -0.15) is 6.42 Å². The Morgan fingerprint density at radius 3 is 1.47 bits per heavy atom. The van der Waals surface area contributed by atoms with E-state index in [9.17, 15) is 15.0 Å². The molecule has 0 aromatic rings. The van der Waals surface area contributed by atoms with E-state index in [1.54, 1.807) is 0 Å². The second kappa shape index (κ2) is 45.1. The van der Waals surface area contributed by atoms with Gasteiger partial charge < -0.3 is 21.9 Å². The molecule has 1 aliphatic carbocycles. The molecule has 4 atom stereocenters. The SMILES string of the molecule is CCCCCCCCC(O)CCCCCC.[CH2-]CCCCCN(CCCCCCOC(=O)C(CCCCCC)CCCCCCCC)C1CCCCC1O.[W]. The van der Waals surface area contributed by atoms with Crippen molar-refractivity contribution in [2.24, 2.45) is 5.92 Å². The predicted octanol–water partition coefficient (Wildman–Crippen LogP) is 14.5. The van der Waals surface area contributed by atoms with Gasteiger partial charge >= 0.3 is 5.97 Å². The molecule has 330 valence electrons. The molecule has 1 rings (SSSR count). The number of esters is 1. The van der Waals surface area contributed by atoms with Crippen LogP contribution in [0.3, 0.4) is 0 Å². The van der Waals surface area contributed by atoms with Gasteiger partial charge in [-0.15, -0.1) is 0 Å². The largest absolute Gasteiger partial charge is 0.465 e. The monoisotopic (exact) mass is 949 g/mol. The Labute approximate surface area is 359 Å². The fourth-order valence-corrected chi connectivity index (χ4v) is 8.17. The summed E-state index contributed by atoms with van der Waals surface area (Å²) in [6, 6.07) is 0.352. The molecule has 0 bridgehead atoms. The van der Waals surface area contributed by atoms with Gasteiger partial charge in [-0.05, 0) is 70.9 Å². The van der Waals surface area contributed by atoms with Crippen LogP contribution in [0.25, 0.3) is 0 Å². The van der Waals surface area contributed by atoms with E-state index in [0.29, 0.717) is 12.6 Å². The first-order chi connectivity index (χ1) is 26.4. The molecule has 0 aliphatic heterocycles. The quantitative estimate of drug-likeness (QED) is 0.0367. The number of carbonyl (C=O) groups is 1. The topological polar surface area (TPSA) is 70.0 Å². The number of nitrogens with zero attached hydrogens (tertiary/aromatic N) is 1. The maximum atomic E-state index is 12.8. The smallest absolute Gasteiger partial charge is 0.308 e. The van der Waals surface area contributed by atoms with Crippen LogP contribution in [0.2, 0.25) is 0 Å². The first-order valence-corrected chi connectivity index (χ1v) is 24.5. The second-order valence-corrected chi connectivity index (χ2v) is 17.1. The van der Waals surface area contributed by atoms with Gasteiger partial charge in [0.1, 0.15) is 0 Å². The average molecular weight is 949 g/mol. The Balaban J connectivity index is 0. The van der Waals surface area contributed by atoms with Crippen molar-refractivity contribution in [3.8, 4) is 0 Å². The van der Waals surface area contributed by atoms with Gasteiger partial charge in [-0.25, -0.2) is 0 Å². The van der Waals surface area contributed by atoms with E-state index < -0.39 is 0 Å². The van der Waals surface area contributed by atoms with Crippen molar-refractivity contribution in [3.05, 3.63) is 6.92 Å². The van der Waals surface area contributed by atoms with E-state index >= 15 is 0 Å². The van der Waals surface area contributed by atoms with Crippen molar-refractivity contribution in [1.29, 1.82) is 0 Å². The molecule has 0 heterocycles. The third-order valence-electron chi connectivity index (χ3n) is 11.9. The molecule has 55 heavy (non-hydrogen) atoms. The Bertz CT molecular complexity index is 754. The van der Waals surface area contributed by atoms with Gasteiger partial charge in [-0.1, -0.05) is 195 Å². The summed E-state index contributed by atoms with van der Waals surface area (Å²) in [5.41, 5.74) is 0. The molecular formula is C49H98NO4W-. The number of aliphatic hydroxyl groups is 2. The molecule has 0 aromatic carbocycles. The van der Waals surface area contributed by atoms with Gasteiger partial charge in [0.05, 0.1) is 24.7 Å². The van der Waals surface area contributed by atoms with Crippen LogP contribution in [0, 0.1) is 12.8 Å². The molecule has 0 spiro atoms. The van der Waals surface area contributed by atoms with Crippen molar-refractivity contribution in [1.82, 2.24) is 4.90 Å². The normalized spacial score (nSPS) is 16.7. The first kappa shape index (κ1) is 57.1. The maximum absolute atomic E-state index is 12.8. The van der Waals surface area contributed by atoms with Crippen LogP contribution in [0.5, 0.6) is 0 Å². The van der Waals surface area contributed by atoms with E-state index in [4.69, 9.17) is 4.74 Å². The molecule has 0 saturated heterocycles. The number of hydrogen-bond donors (Lipinski definition) is 2. The van der Waals surface area contributed by atoms with E-state index in [2.05, 4.69) is 39.5 Å². The summed E-state index contributed by atoms with van der Waals surface area (Å²) < 4.78 is 5.78. The van der Waals surface area contributed by atoms with Gasteiger partial charge in [0.2, 0.25) is 0 Å². The minimum absolute atomic E-state index is 0. The standard InChI is InChI=1S/C34H66NO3.C15H32O.W/c1-4-7-10-13-14-18-25-31(24-17-11-8-5-2)34(37)38-30-23-16-15-22-29-35(28-21-12-9-6-3)32-26-19-20-27-33(32)36;1-3-5-7-9-10-12-14-15(16)13-11-8-6-4-2;/h31-33,36H,3-30H2,1-2H3;15-16H,3-14H2,1-2H3;/q-1;;. The first-order valence-electron chi connectivity index (χ1n) is 24.5. The Hall–Kier alpha value is 0.0383. The Kier molecular flexibility index (Phi) is 46.9. The molecule has 0 amide bonds. The van der Waals surface area contributed by atoms with Crippen LogP contribution in [-0.2, 0) is 30.6 Å². The van der Waals surface area contributed by atoms with Crippen molar-refractivity contribution in [2.45, 2.75) is 277 Å². The molecule has 0 radical (unpaired) electrons. The third kappa shape index (κ3) is 36.8. The maximum Gasteiger partial charge on any atom is 0.308 e. The number of rotatable bonds is 38. The van der Waals surface area contributed by atoms with Crippen LogP contribution in [0.15, 0.2) is 0 Å². The van der Waals surface area contributed by atoms with E-state index in [0.717, 1.165) is 77.3 Å². The van der Waals surface area contributed by atoms with Gasteiger partial charge in [0, 0.05) is 27.1 Å². The summed E-state index contributed by atoms with van der Waals surface area (Å²) in [5, 5.41) is 20.3. The van der Waals surface area contributed by atoms with Crippen molar-refractivity contribution in [2.75, 3.05) is 19.7 Å². The summed E-state index contributed by atoms with van der Waals surface area (Å²) in [6.45, 7) is 15.7. The van der Waals surface area contributed by atoms with Crippen LogP contribution in [0.4, 0.5) is 0 Å². The number of aliphatic hydroxyl groups excluding tert-OH is 2. The molecule has 4 unspecified atom stereocenters. The van der Waals surface area contributed by atoms with Gasteiger partial charge in [-0.3, -0.25) is 9.69 Å². The average Bonchev–Trinajstić information content (AvgIpc) is 3.18. The van der Waals surface area contributed by atoms with E-state index in [1.807, 2.05) is 0 Å². The van der Waals surface area contributed by atoms with E-state index in [1.165, 1.54) is 167 Å². The molecule has 6 heteroatoms. The molecule has 1 aliphatic rings. The van der Waals surface area contributed by atoms with E-state index in [-0.39, 0.29) is 45.2 Å². The molecule has 5 nitrogen and oxygen atoms in total. The summed E-state index contributed by atoms with van der Waals surface area (Å²) >= 11 is 0. The molecule has 0 aromatic heterocycles. The van der Waals surface area contributed by atoms with Gasteiger partial charge in [0.25, 0.3) is 0 Å². The minimum atomic E-state index is -0.151. The Morgan fingerprint density at radius 1 is 0.582 bits per heavy atom. The Morgan fingerprint density at radius 2 is 0.982 bits per heavy atom. The zero-order chi connectivity index (χ0) is 39.7. The van der Waals surface area contributed by atoms with Gasteiger partial charge in [0.15, 0.2) is 0 Å². The van der Waals surface area contributed by atoms with Crippen molar-refractivity contribution in [3.63, 3.8) is 0 Å². The zero-order valence-corrected chi connectivity index (χ0v) is 40.6. The summed E-state index contributed by atoms with van der Waals surface area (Å²) in [7, 11) is 0. The predicted molar refractivity (Wildman–Crippen MR) is 236 cm³/mol. The number of carbonyl (C=O) groups excluding carboxylic acids is 1. The zero-order valence-electron chi connectivity index (χ0n) is 37.7. The summed E-state index contributed by atoms with van der Waals surface area (Å²) in [4.78, 5) is 15.4. The fraction of sp³-hybridized carbons (Fsp3) is 0.959. The number of unbranched alkanes of at least 4 members (excludes halogenated alkanes) is 22. The fourth-order valence-electron chi connectivity index (χ4n) is 8.17. The summed E-state index contributed by atoms with van der Waals surface area (Å²) in [5.74, 6) is 0.173. The van der Waals surface area contributed by atoms with Crippen LogP contribution in [-0.4, -0.2) is 59.0 Å². The van der Waals surface area contributed by atoms with Crippen molar-refractivity contribution >= 4 is 5.97 Å². The van der Waals surface area contributed by atoms with Crippen molar-refractivity contribution < 1.29 is 40.8 Å². The summed E-state index contributed by atoms with van der Waals surface area (Å²) in [6.07, 6.45) is 43.2. The minimum Gasteiger partial charge on any atom is -0.465 e. The van der Waals surface area contributed by atoms with Crippen LogP contribution < -0.4 is 0 Å².